The van der Waals surface area contributed by atoms with E-state index in [0.717, 1.165) is 50.0 Å². The number of ether oxygens (including phenoxy) is 1. The Labute approximate surface area is 220 Å². The second-order valence-electron chi connectivity index (χ2n) is 10.2. The summed E-state index contributed by atoms with van der Waals surface area (Å²) in [6.45, 7) is 4.36. The monoisotopic (exact) mass is 536 g/mol. The molecule has 0 saturated carbocycles. The van der Waals surface area contributed by atoms with Crippen molar-refractivity contribution in [3.05, 3.63) is 64.2 Å². The second kappa shape index (κ2) is 11.3. The van der Waals surface area contributed by atoms with Crippen molar-refractivity contribution in [3.63, 3.8) is 0 Å². The number of carbonyl (C=O) groups excluding carboxylic acids is 2. The highest BCUT2D eigenvalue weighted by molar-refractivity contribution is 6.31. The number of alkyl halides is 3. The van der Waals surface area contributed by atoms with Gasteiger partial charge in [0, 0.05) is 48.6 Å². The maximum absolute atomic E-state index is 13.3. The number of aryl methyl sites for hydroxylation is 1. The van der Waals surface area contributed by atoms with Gasteiger partial charge in [-0.15, -0.1) is 0 Å². The summed E-state index contributed by atoms with van der Waals surface area (Å²) in [7, 11) is 0. The predicted octanol–water partition coefficient (Wildman–Crippen LogP) is 6.37. The third-order valence-electron chi connectivity index (χ3n) is 7.32. The molecule has 5 nitrogen and oxygen atoms in total. The first-order valence-corrected chi connectivity index (χ1v) is 13.1. The molecule has 37 heavy (non-hydrogen) atoms. The summed E-state index contributed by atoms with van der Waals surface area (Å²) in [5, 5.41) is 0.633. The molecular formula is C28H32ClF3N2O3. The molecule has 2 aliphatic heterocycles. The van der Waals surface area contributed by atoms with Crippen molar-refractivity contribution in [2.45, 2.75) is 51.6 Å². The van der Waals surface area contributed by atoms with E-state index in [1.54, 1.807) is 17.0 Å². The van der Waals surface area contributed by atoms with E-state index >= 15 is 0 Å². The highest BCUT2D eigenvalue weighted by Gasteiger charge is 2.41. The molecule has 1 atom stereocenters. The predicted molar refractivity (Wildman–Crippen MR) is 136 cm³/mol. The van der Waals surface area contributed by atoms with Crippen molar-refractivity contribution < 1.29 is 27.5 Å². The Morgan fingerprint density at radius 3 is 2.30 bits per heavy atom. The van der Waals surface area contributed by atoms with Crippen molar-refractivity contribution in [3.8, 4) is 5.75 Å². The Bertz CT molecular complexity index is 1120. The molecule has 1 unspecified atom stereocenters. The Kier molecular flexibility index (Phi) is 8.36. The van der Waals surface area contributed by atoms with Gasteiger partial charge in [0.2, 0.25) is 5.91 Å². The molecule has 0 N–H and O–H groups in total. The third kappa shape index (κ3) is 6.78. The minimum absolute atomic E-state index is 0.0550. The fourth-order valence-corrected chi connectivity index (χ4v) is 5.32. The number of piperidine rings is 2. The largest absolute Gasteiger partial charge is 0.493 e. The number of benzene rings is 2. The van der Waals surface area contributed by atoms with Crippen LogP contribution in [0.15, 0.2) is 42.5 Å². The van der Waals surface area contributed by atoms with Gasteiger partial charge in [0.15, 0.2) is 0 Å². The zero-order valence-electron chi connectivity index (χ0n) is 21.0. The van der Waals surface area contributed by atoms with Gasteiger partial charge in [0.25, 0.3) is 5.91 Å². The Balaban J connectivity index is 1.53. The van der Waals surface area contributed by atoms with Gasteiger partial charge in [-0.25, -0.2) is 0 Å². The number of halogens is 4. The summed E-state index contributed by atoms with van der Waals surface area (Å²) in [5.74, 6) is 0.350. The van der Waals surface area contributed by atoms with Gasteiger partial charge < -0.3 is 14.5 Å². The van der Waals surface area contributed by atoms with Crippen molar-refractivity contribution in [2.75, 3.05) is 32.8 Å². The van der Waals surface area contributed by atoms with E-state index < -0.39 is 17.2 Å². The van der Waals surface area contributed by atoms with Crippen LogP contribution < -0.4 is 4.74 Å². The SMILES string of the molecule is Cc1cc(OCC2(CC(=O)N3CCCCC3)CCCN(C(=O)c3ccc(C(F)(F)F)cc3)C2)ccc1Cl. The Morgan fingerprint density at radius 2 is 1.65 bits per heavy atom. The zero-order chi connectivity index (χ0) is 26.6. The van der Waals surface area contributed by atoms with Crippen LogP contribution in [0.4, 0.5) is 13.2 Å². The molecule has 2 aromatic carbocycles. The van der Waals surface area contributed by atoms with Crippen LogP contribution in [-0.4, -0.2) is 54.4 Å². The molecule has 0 aliphatic carbocycles. The average Bonchev–Trinajstić information content (AvgIpc) is 2.89. The molecule has 4 rings (SSSR count). The van der Waals surface area contributed by atoms with E-state index in [-0.39, 0.29) is 30.4 Å². The van der Waals surface area contributed by atoms with E-state index in [9.17, 15) is 22.8 Å². The lowest BCUT2D eigenvalue weighted by Gasteiger charge is -2.43. The molecule has 2 aliphatic rings. The van der Waals surface area contributed by atoms with Gasteiger partial charge in [-0.05, 0) is 87.1 Å². The average molecular weight is 537 g/mol. The highest BCUT2D eigenvalue weighted by atomic mass is 35.5. The molecule has 0 spiro atoms. The van der Waals surface area contributed by atoms with Crippen LogP contribution in [0.5, 0.6) is 5.75 Å². The number of likely N-dealkylation sites (tertiary alicyclic amines) is 2. The zero-order valence-corrected chi connectivity index (χ0v) is 21.7. The molecule has 9 heteroatoms. The molecule has 0 bridgehead atoms. The topological polar surface area (TPSA) is 49.9 Å². The summed E-state index contributed by atoms with van der Waals surface area (Å²) in [5.41, 5.74) is -0.335. The third-order valence-corrected chi connectivity index (χ3v) is 7.74. The fraction of sp³-hybridized carbons (Fsp3) is 0.500. The maximum Gasteiger partial charge on any atom is 0.416 e. The fourth-order valence-electron chi connectivity index (χ4n) is 5.20. The standard InChI is InChI=1S/C28H32ClF3N2O3/c1-20-16-23(10-11-24(20)29)37-19-27(17-25(35)33-13-3-2-4-14-33)12-5-15-34(18-27)26(36)21-6-8-22(9-7-21)28(30,31)32/h6-11,16H,2-5,12-15,17-19H2,1H3. The summed E-state index contributed by atoms with van der Waals surface area (Å²) < 4.78 is 45.1. The van der Waals surface area contributed by atoms with E-state index in [2.05, 4.69) is 0 Å². The summed E-state index contributed by atoms with van der Waals surface area (Å²) in [6.07, 6.45) is 0.238. The molecule has 200 valence electrons. The van der Waals surface area contributed by atoms with Gasteiger partial charge >= 0.3 is 6.18 Å². The molecule has 2 heterocycles. The van der Waals surface area contributed by atoms with Crippen molar-refractivity contribution in [2.24, 2.45) is 5.41 Å². The van der Waals surface area contributed by atoms with E-state index in [4.69, 9.17) is 16.3 Å². The number of nitrogens with zero attached hydrogens (tertiary/aromatic N) is 2. The maximum atomic E-state index is 13.3. The number of amides is 2. The van der Waals surface area contributed by atoms with Crippen LogP contribution in [0, 0.1) is 12.3 Å². The number of hydrogen-bond donors (Lipinski definition) is 0. The van der Waals surface area contributed by atoms with Gasteiger partial charge in [-0.3, -0.25) is 9.59 Å². The van der Waals surface area contributed by atoms with Crippen LogP contribution in [-0.2, 0) is 11.0 Å². The van der Waals surface area contributed by atoms with Crippen molar-refractivity contribution >= 4 is 23.4 Å². The summed E-state index contributed by atoms with van der Waals surface area (Å²) in [4.78, 5) is 30.1. The van der Waals surface area contributed by atoms with Crippen LogP contribution >= 0.6 is 11.6 Å². The van der Waals surface area contributed by atoms with Gasteiger partial charge in [-0.1, -0.05) is 11.6 Å². The minimum Gasteiger partial charge on any atom is -0.493 e. The van der Waals surface area contributed by atoms with Crippen molar-refractivity contribution in [1.82, 2.24) is 9.80 Å². The number of carbonyl (C=O) groups is 2. The normalized spacial score (nSPS) is 20.6. The van der Waals surface area contributed by atoms with E-state index in [0.29, 0.717) is 36.7 Å². The lowest BCUT2D eigenvalue weighted by Crippen LogP contribution is -2.51. The van der Waals surface area contributed by atoms with E-state index in [1.165, 1.54) is 12.1 Å². The first kappa shape index (κ1) is 27.3. The van der Waals surface area contributed by atoms with E-state index in [1.807, 2.05) is 17.9 Å². The molecular weight excluding hydrogens is 505 g/mol. The van der Waals surface area contributed by atoms with Gasteiger partial charge in [0.1, 0.15) is 5.75 Å². The quantitative estimate of drug-likeness (QED) is 0.431. The smallest absolute Gasteiger partial charge is 0.416 e. The number of rotatable bonds is 6. The molecule has 2 amide bonds. The van der Waals surface area contributed by atoms with Crippen LogP contribution in [0.25, 0.3) is 0 Å². The highest BCUT2D eigenvalue weighted by Crippen LogP contribution is 2.37. The first-order chi connectivity index (χ1) is 17.6. The summed E-state index contributed by atoms with van der Waals surface area (Å²) >= 11 is 6.15. The molecule has 2 aromatic rings. The Hall–Kier alpha value is -2.74. The Morgan fingerprint density at radius 1 is 0.973 bits per heavy atom. The molecule has 2 saturated heterocycles. The van der Waals surface area contributed by atoms with Gasteiger partial charge in [-0.2, -0.15) is 13.2 Å². The second-order valence-corrected chi connectivity index (χ2v) is 10.6. The lowest BCUT2D eigenvalue weighted by atomic mass is 9.77. The molecule has 0 radical (unpaired) electrons. The van der Waals surface area contributed by atoms with Crippen molar-refractivity contribution in [1.29, 1.82) is 0 Å². The van der Waals surface area contributed by atoms with Crippen LogP contribution in [0.3, 0.4) is 0 Å². The molecule has 0 aromatic heterocycles. The van der Waals surface area contributed by atoms with Gasteiger partial charge in [0.05, 0.1) is 12.2 Å². The molecule has 2 fully saturated rings. The first-order valence-electron chi connectivity index (χ1n) is 12.7. The van der Waals surface area contributed by atoms with Crippen LogP contribution in [0.1, 0.15) is 60.0 Å². The lowest BCUT2D eigenvalue weighted by molar-refractivity contribution is -0.137. The van der Waals surface area contributed by atoms with Crippen LogP contribution in [0.2, 0.25) is 5.02 Å². The summed E-state index contributed by atoms with van der Waals surface area (Å²) in [6, 6.07) is 9.67. The minimum atomic E-state index is -4.46. The number of hydrogen-bond acceptors (Lipinski definition) is 3.